The average molecular weight is 217 g/mol. The Labute approximate surface area is 71.4 Å². The molecule has 2 aliphatic rings. The molecule has 0 aliphatic carbocycles. The highest BCUT2D eigenvalue weighted by Crippen LogP contribution is 2.23. The van der Waals surface area contributed by atoms with E-state index in [-0.39, 0.29) is 6.17 Å². The molecule has 5 heteroatoms. The summed E-state index contributed by atoms with van der Waals surface area (Å²) in [6.07, 6.45) is 2.90. The summed E-state index contributed by atoms with van der Waals surface area (Å²) in [5, 5.41) is 5.49. The lowest BCUT2D eigenvalue weighted by Gasteiger charge is -2.13. The number of alkyl carbamates (subject to hydrolysis) is 1. The number of fused-ring (bicyclic) bond motifs is 1. The normalized spacial score (nSPS) is 27.4. The van der Waals surface area contributed by atoms with Crippen molar-refractivity contribution in [1.29, 1.82) is 0 Å². The minimum atomic E-state index is -0.418. The van der Waals surface area contributed by atoms with Gasteiger partial charge in [0.15, 0.2) is 11.9 Å². The molecule has 2 aliphatic heterocycles. The number of halogens is 1. The van der Waals surface area contributed by atoms with Gasteiger partial charge in [-0.1, -0.05) is 0 Å². The van der Waals surface area contributed by atoms with E-state index in [4.69, 9.17) is 4.74 Å². The first-order valence-corrected chi connectivity index (χ1v) is 3.87. The fraction of sp³-hybridized carbons (Fsp3) is 0.167. The van der Waals surface area contributed by atoms with Crippen molar-refractivity contribution < 1.29 is 9.53 Å². The van der Waals surface area contributed by atoms with Crippen LogP contribution in [0, 0.1) is 0 Å². The van der Waals surface area contributed by atoms with Crippen LogP contribution in [0.1, 0.15) is 0 Å². The van der Waals surface area contributed by atoms with Gasteiger partial charge >= 0.3 is 6.09 Å². The van der Waals surface area contributed by atoms with Crippen molar-refractivity contribution in [1.82, 2.24) is 10.6 Å². The second kappa shape index (κ2) is 2.27. The molecule has 11 heavy (non-hydrogen) atoms. The largest absolute Gasteiger partial charge is 0.414 e. The molecule has 58 valence electrons. The van der Waals surface area contributed by atoms with E-state index in [1.165, 1.54) is 0 Å². The molecule has 0 spiro atoms. The van der Waals surface area contributed by atoms with Crippen LogP contribution in [0.5, 0.6) is 0 Å². The van der Waals surface area contributed by atoms with Crippen LogP contribution in [0.25, 0.3) is 0 Å². The van der Waals surface area contributed by atoms with Gasteiger partial charge in [0, 0.05) is 0 Å². The lowest BCUT2D eigenvalue weighted by molar-refractivity contribution is 0.195. The van der Waals surface area contributed by atoms with Gasteiger partial charge < -0.3 is 10.1 Å². The van der Waals surface area contributed by atoms with Gasteiger partial charge in [0.05, 0.1) is 4.48 Å². The monoisotopic (exact) mass is 216 g/mol. The molecule has 0 aromatic rings. The Morgan fingerprint density at radius 3 is 3.18 bits per heavy atom. The molecule has 0 saturated carbocycles. The predicted octanol–water partition coefficient (Wildman–Crippen LogP) is 0.776. The van der Waals surface area contributed by atoms with Gasteiger partial charge in [0.1, 0.15) is 0 Å². The van der Waals surface area contributed by atoms with E-state index in [0.717, 1.165) is 4.48 Å². The lowest BCUT2D eigenvalue weighted by atomic mass is 10.3. The highest BCUT2D eigenvalue weighted by Gasteiger charge is 2.31. The molecule has 0 aromatic heterocycles. The van der Waals surface area contributed by atoms with Gasteiger partial charge in [-0.15, -0.1) is 0 Å². The van der Waals surface area contributed by atoms with Gasteiger partial charge in [0.25, 0.3) is 0 Å². The van der Waals surface area contributed by atoms with E-state index < -0.39 is 6.09 Å². The Bertz CT molecular complexity index is 272. The predicted molar refractivity (Wildman–Crippen MR) is 41.6 cm³/mol. The number of ether oxygens (including phenoxy) is 1. The third-order valence-corrected chi connectivity index (χ3v) is 2.11. The Kier molecular flexibility index (Phi) is 1.38. The summed E-state index contributed by atoms with van der Waals surface area (Å²) in [6, 6.07) is 0. The van der Waals surface area contributed by atoms with Gasteiger partial charge in [-0.25, -0.2) is 4.79 Å². The minimum absolute atomic E-state index is 0.207. The van der Waals surface area contributed by atoms with Crippen LogP contribution < -0.4 is 10.6 Å². The molecule has 2 rings (SSSR count). The number of nitrogens with one attached hydrogen (secondary N) is 2. The summed E-state index contributed by atoms with van der Waals surface area (Å²) in [5.74, 6) is 0.595. The number of amides is 1. The van der Waals surface area contributed by atoms with Crippen molar-refractivity contribution in [3.63, 3.8) is 0 Å². The van der Waals surface area contributed by atoms with Crippen LogP contribution >= 0.6 is 15.9 Å². The Hall–Kier alpha value is -0.970. The van der Waals surface area contributed by atoms with Crippen LogP contribution in [0.3, 0.4) is 0 Å². The minimum Gasteiger partial charge on any atom is -0.409 e. The summed E-state index contributed by atoms with van der Waals surface area (Å²) < 4.78 is 5.64. The van der Waals surface area contributed by atoms with Crippen LogP contribution in [0.15, 0.2) is 22.5 Å². The Morgan fingerprint density at radius 2 is 2.45 bits per heavy atom. The Morgan fingerprint density at radius 1 is 1.64 bits per heavy atom. The van der Waals surface area contributed by atoms with Crippen LogP contribution in [-0.2, 0) is 4.74 Å². The van der Waals surface area contributed by atoms with Crippen LogP contribution in [-0.4, -0.2) is 12.3 Å². The molecule has 1 fully saturated rings. The van der Waals surface area contributed by atoms with Gasteiger partial charge in [-0.2, -0.15) is 0 Å². The second-order valence-electron chi connectivity index (χ2n) is 2.18. The molecule has 2 N–H and O–H groups in total. The number of rotatable bonds is 0. The van der Waals surface area contributed by atoms with Gasteiger partial charge in [-0.3, -0.25) is 5.32 Å². The fourth-order valence-electron chi connectivity index (χ4n) is 0.975. The molecule has 4 nitrogen and oxygen atoms in total. The number of dihydropyridines is 1. The number of hydrogen-bond acceptors (Lipinski definition) is 3. The summed E-state index contributed by atoms with van der Waals surface area (Å²) >= 11 is 3.26. The average Bonchev–Trinajstić information content (AvgIpc) is 2.31. The van der Waals surface area contributed by atoms with E-state index in [2.05, 4.69) is 26.6 Å². The molecule has 1 saturated heterocycles. The third kappa shape index (κ3) is 1.01. The maximum atomic E-state index is 10.7. The van der Waals surface area contributed by atoms with Gasteiger partial charge in [-0.05, 0) is 28.2 Å². The van der Waals surface area contributed by atoms with E-state index in [1.807, 2.05) is 0 Å². The molecular formula is C6H5BrN2O2. The van der Waals surface area contributed by atoms with E-state index >= 15 is 0 Å². The fourth-order valence-corrected chi connectivity index (χ4v) is 1.42. The highest BCUT2D eigenvalue weighted by molar-refractivity contribution is 9.11. The standard InChI is InChI=1S/C6H5BrN2O2/c7-3-1-2-8-5-4(3)11-6(10)9-5/h1-2,5,8H,(H,9,10). The van der Waals surface area contributed by atoms with Crippen molar-refractivity contribution in [2.75, 3.05) is 0 Å². The van der Waals surface area contributed by atoms with Crippen molar-refractivity contribution in [3.05, 3.63) is 22.5 Å². The first kappa shape index (κ1) is 6.72. The number of allylic oxidation sites excluding steroid dienone is 2. The van der Waals surface area contributed by atoms with Crippen molar-refractivity contribution in [2.24, 2.45) is 0 Å². The molecule has 1 atom stereocenters. The highest BCUT2D eigenvalue weighted by atomic mass is 79.9. The van der Waals surface area contributed by atoms with E-state index in [0.29, 0.717) is 5.76 Å². The van der Waals surface area contributed by atoms with Gasteiger partial charge in [0.2, 0.25) is 0 Å². The number of carbonyl (C=O) groups excluding carboxylic acids is 1. The van der Waals surface area contributed by atoms with Crippen molar-refractivity contribution >= 4 is 22.0 Å². The maximum absolute atomic E-state index is 10.7. The van der Waals surface area contributed by atoms with Crippen LogP contribution in [0.4, 0.5) is 4.79 Å². The van der Waals surface area contributed by atoms with E-state index in [1.54, 1.807) is 12.3 Å². The number of hydrogen-bond donors (Lipinski definition) is 2. The SMILES string of the molecule is O=C1NC2NC=CC(Br)=C2O1. The summed E-state index contributed by atoms with van der Waals surface area (Å²) in [4.78, 5) is 10.7. The quantitative estimate of drug-likeness (QED) is 0.630. The smallest absolute Gasteiger partial charge is 0.409 e. The molecule has 0 radical (unpaired) electrons. The molecule has 1 unspecified atom stereocenters. The van der Waals surface area contributed by atoms with Crippen molar-refractivity contribution in [2.45, 2.75) is 6.17 Å². The zero-order chi connectivity index (χ0) is 7.84. The first-order valence-electron chi connectivity index (χ1n) is 3.08. The molecule has 0 aromatic carbocycles. The zero-order valence-corrected chi connectivity index (χ0v) is 7.01. The van der Waals surface area contributed by atoms with E-state index in [9.17, 15) is 4.79 Å². The number of carbonyl (C=O) groups is 1. The lowest BCUT2D eigenvalue weighted by Crippen LogP contribution is -2.37. The Balaban J connectivity index is 2.35. The summed E-state index contributed by atoms with van der Waals surface area (Å²) in [5.41, 5.74) is 0. The molecule has 1 amide bonds. The topological polar surface area (TPSA) is 50.4 Å². The first-order chi connectivity index (χ1) is 5.27. The zero-order valence-electron chi connectivity index (χ0n) is 5.43. The summed E-state index contributed by atoms with van der Waals surface area (Å²) in [6.45, 7) is 0. The molecule has 2 heterocycles. The third-order valence-electron chi connectivity index (χ3n) is 1.45. The summed E-state index contributed by atoms with van der Waals surface area (Å²) in [7, 11) is 0. The molecular weight excluding hydrogens is 212 g/mol. The second-order valence-corrected chi connectivity index (χ2v) is 3.03. The van der Waals surface area contributed by atoms with Crippen LogP contribution in [0.2, 0.25) is 0 Å². The maximum Gasteiger partial charge on any atom is 0.414 e. The molecule has 0 bridgehead atoms. The van der Waals surface area contributed by atoms with Crippen molar-refractivity contribution in [3.8, 4) is 0 Å².